The topological polar surface area (TPSA) is 69.6 Å². The molecule has 0 saturated carbocycles. The number of nitrogens with zero attached hydrogens (tertiary/aromatic N) is 4. The van der Waals surface area contributed by atoms with E-state index in [1.54, 1.807) is 0 Å². The number of nitrogen functional groups attached to an aromatic ring is 1. The van der Waals surface area contributed by atoms with Crippen molar-refractivity contribution in [2.45, 2.75) is 13.1 Å². The number of hydrogen-bond acceptors (Lipinski definition) is 4. The van der Waals surface area contributed by atoms with Crippen molar-refractivity contribution in [2.24, 2.45) is 0 Å². The van der Waals surface area contributed by atoms with E-state index in [0.29, 0.717) is 0 Å². The maximum absolute atomic E-state index is 12.7. The SMILES string of the molecule is Cc1ccc(-n2nnnc2N)cc1C(F)(F)F. The van der Waals surface area contributed by atoms with E-state index >= 15 is 0 Å². The second-order valence-electron chi connectivity index (χ2n) is 3.45. The second-order valence-corrected chi connectivity index (χ2v) is 3.45. The Bertz CT molecular complexity index is 546. The predicted octanol–water partition coefficient (Wildman–Crippen LogP) is 1.57. The first-order chi connectivity index (χ1) is 7.89. The van der Waals surface area contributed by atoms with Crippen molar-refractivity contribution < 1.29 is 13.2 Å². The van der Waals surface area contributed by atoms with Gasteiger partial charge in [0.05, 0.1) is 11.3 Å². The van der Waals surface area contributed by atoms with Crippen LogP contribution in [0.3, 0.4) is 0 Å². The zero-order valence-electron chi connectivity index (χ0n) is 8.73. The van der Waals surface area contributed by atoms with Gasteiger partial charge < -0.3 is 5.73 Å². The number of aromatic nitrogens is 4. The third-order valence-electron chi connectivity index (χ3n) is 2.26. The molecule has 5 nitrogen and oxygen atoms in total. The number of aryl methyl sites for hydroxylation is 1. The molecule has 0 radical (unpaired) electrons. The molecule has 0 fully saturated rings. The van der Waals surface area contributed by atoms with Crippen LogP contribution < -0.4 is 5.73 Å². The quantitative estimate of drug-likeness (QED) is 0.825. The molecule has 17 heavy (non-hydrogen) atoms. The summed E-state index contributed by atoms with van der Waals surface area (Å²) in [6, 6.07) is 3.78. The molecule has 0 unspecified atom stereocenters. The average molecular weight is 243 g/mol. The van der Waals surface area contributed by atoms with E-state index in [9.17, 15) is 13.2 Å². The first-order valence-electron chi connectivity index (χ1n) is 4.61. The Morgan fingerprint density at radius 3 is 2.53 bits per heavy atom. The summed E-state index contributed by atoms with van der Waals surface area (Å²) in [5.41, 5.74) is 4.99. The van der Waals surface area contributed by atoms with E-state index in [-0.39, 0.29) is 17.2 Å². The van der Waals surface area contributed by atoms with Crippen LogP contribution in [0.1, 0.15) is 11.1 Å². The van der Waals surface area contributed by atoms with Gasteiger partial charge >= 0.3 is 6.18 Å². The smallest absolute Gasteiger partial charge is 0.366 e. The van der Waals surface area contributed by atoms with Gasteiger partial charge in [0.25, 0.3) is 0 Å². The molecule has 90 valence electrons. The Morgan fingerprint density at radius 1 is 1.29 bits per heavy atom. The van der Waals surface area contributed by atoms with Gasteiger partial charge in [0.2, 0.25) is 5.95 Å². The number of anilines is 1. The lowest BCUT2D eigenvalue weighted by molar-refractivity contribution is -0.138. The lowest BCUT2D eigenvalue weighted by Gasteiger charge is -2.11. The summed E-state index contributed by atoms with van der Waals surface area (Å²) in [6.07, 6.45) is -4.41. The standard InChI is InChI=1S/C9H8F3N5/c1-5-2-3-6(4-7(5)9(10,11)12)17-8(13)14-15-16-17/h2-4H,1H3,(H2,13,14,16). The molecule has 1 aromatic heterocycles. The number of rotatable bonds is 1. The van der Waals surface area contributed by atoms with Gasteiger partial charge in [-0.1, -0.05) is 11.2 Å². The van der Waals surface area contributed by atoms with Crippen LogP contribution in [0.2, 0.25) is 0 Å². The number of alkyl halides is 3. The number of halogens is 3. The number of benzene rings is 1. The van der Waals surface area contributed by atoms with Crippen molar-refractivity contribution in [1.29, 1.82) is 0 Å². The third-order valence-corrected chi connectivity index (χ3v) is 2.26. The van der Waals surface area contributed by atoms with Crippen molar-refractivity contribution in [2.75, 3.05) is 5.73 Å². The van der Waals surface area contributed by atoms with Crippen LogP contribution in [-0.2, 0) is 6.18 Å². The first kappa shape index (κ1) is 11.4. The fourth-order valence-electron chi connectivity index (χ4n) is 1.43. The highest BCUT2D eigenvalue weighted by molar-refractivity contribution is 5.43. The molecule has 2 N–H and O–H groups in total. The molecular weight excluding hydrogens is 235 g/mol. The highest BCUT2D eigenvalue weighted by Gasteiger charge is 2.32. The summed E-state index contributed by atoms with van der Waals surface area (Å²) in [5.74, 6) is -0.0676. The molecule has 0 bridgehead atoms. The van der Waals surface area contributed by atoms with Gasteiger partial charge in [-0.3, -0.25) is 0 Å². The summed E-state index contributed by atoms with van der Waals surface area (Å²) in [7, 11) is 0. The Labute approximate surface area is 94.0 Å². The minimum atomic E-state index is -4.41. The molecule has 0 saturated heterocycles. The molecule has 1 heterocycles. The molecule has 0 aliphatic carbocycles. The number of tetrazole rings is 1. The monoisotopic (exact) mass is 243 g/mol. The van der Waals surface area contributed by atoms with E-state index in [0.717, 1.165) is 10.7 Å². The van der Waals surface area contributed by atoms with Crippen LogP contribution in [0.5, 0.6) is 0 Å². The van der Waals surface area contributed by atoms with E-state index in [1.807, 2.05) is 0 Å². The van der Waals surface area contributed by atoms with Crippen molar-refractivity contribution in [3.05, 3.63) is 29.3 Å². The maximum atomic E-state index is 12.7. The van der Waals surface area contributed by atoms with Gasteiger partial charge in [0.1, 0.15) is 0 Å². The van der Waals surface area contributed by atoms with Crippen molar-refractivity contribution >= 4 is 5.95 Å². The molecule has 0 atom stereocenters. The largest absolute Gasteiger partial charge is 0.416 e. The highest BCUT2D eigenvalue weighted by atomic mass is 19.4. The molecule has 1 aromatic carbocycles. The van der Waals surface area contributed by atoms with Crippen molar-refractivity contribution in [3.8, 4) is 5.69 Å². The zero-order valence-corrected chi connectivity index (χ0v) is 8.73. The fourth-order valence-corrected chi connectivity index (χ4v) is 1.43. The Morgan fingerprint density at radius 2 is 2.00 bits per heavy atom. The molecule has 8 heteroatoms. The summed E-state index contributed by atoms with van der Waals surface area (Å²) < 4.78 is 39.1. The average Bonchev–Trinajstić information content (AvgIpc) is 2.63. The van der Waals surface area contributed by atoms with Crippen LogP contribution in [-0.4, -0.2) is 20.2 Å². The van der Waals surface area contributed by atoms with Crippen LogP contribution >= 0.6 is 0 Å². The predicted molar refractivity (Wildman–Crippen MR) is 53.3 cm³/mol. The molecular formula is C9H8F3N5. The minimum absolute atomic E-state index is 0.0676. The Balaban J connectivity index is 2.56. The van der Waals surface area contributed by atoms with Crippen LogP contribution in [0.4, 0.5) is 19.1 Å². The normalized spacial score (nSPS) is 11.8. The van der Waals surface area contributed by atoms with Crippen LogP contribution in [0, 0.1) is 6.92 Å². The summed E-state index contributed by atoms with van der Waals surface area (Å²) in [4.78, 5) is 0. The molecule has 0 amide bonds. The molecule has 2 aromatic rings. The van der Waals surface area contributed by atoms with E-state index < -0.39 is 11.7 Å². The summed E-state index contributed by atoms with van der Waals surface area (Å²) >= 11 is 0. The van der Waals surface area contributed by atoms with Gasteiger partial charge in [-0.2, -0.15) is 17.9 Å². The van der Waals surface area contributed by atoms with Gasteiger partial charge in [-0.25, -0.2) is 0 Å². The maximum Gasteiger partial charge on any atom is 0.416 e. The molecule has 2 rings (SSSR count). The summed E-state index contributed by atoms with van der Waals surface area (Å²) in [5, 5.41) is 10.2. The van der Waals surface area contributed by atoms with Crippen LogP contribution in [0.15, 0.2) is 18.2 Å². The van der Waals surface area contributed by atoms with E-state index in [1.165, 1.54) is 19.1 Å². The first-order valence-corrected chi connectivity index (χ1v) is 4.61. The molecule has 0 aliphatic rings. The number of hydrogen-bond donors (Lipinski definition) is 1. The summed E-state index contributed by atoms with van der Waals surface area (Å²) in [6.45, 7) is 1.38. The van der Waals surface area contributed by atoms with E-state index in [4.69, 9.17) is 5.73 Å². The van der Waals surface area contributed by atoms with Gasteiger partial charge in [0.15, 0.2) is 0 Å². The van der Waals surface area contributed by atoms with Crippen molar-refractivity contribution in [3.63, 3.8) is 0 Å². The highest BCUT2D eigenvalue weighted by Crippen LogP contribution is 2.33. The Hall–Kier alpha value is -2.12. The molecule has 0 aliphatic heterocycles. The van der Waals surface area contributed by atoms with E-state index in [2.05, 4.69) is 15.5 Å². The third kappa shape index (κ3) is 2.05. The zero-order chi connectivity index (χ0) is 12.6. The van der Waals surface area contributed by atoms with Crippen molar-refractivity contribution in [1.82, 2.24) is 20.2 Å². The van der Waals surface area contributed by atoms with Gasteiger partial charge in [0, 0.05) is 0 Å². The lowest BCUT2D eigenvalue weighted by atomic mass is 10.1. The minimum Gasteiger partial charge on any atom is -0.366 e. The van der Waals surface area contributed by atoms with Gasteiger partial charge in [-0.05, 0) is 35.0 Å². The molecule has 0 spiro atoms. The Kier molecular flexibility index (Phi) is 2.49. The second kappa shape index (κ2) is 3.72. The lowest BCUT2D eigenvalue weighted by Crippen LogP contribution is -2.10. The fraction of sp³-hybridized carbons (Fsp3) is 0.222. The van der Waals surface area contributed by atoms with Gasteiger partial charge in [-0.15, -0.1) is 0 Å². The number of nitrogens with two attached hydrogens (primary N) is 1. The van der Waals surface area contributed by atoms with Crippen LogP contribution in [0.25, 0.3) is 5.69 Å².